The molecule has 0 atom stereocenters. The highest BCUT2D eigenvalue weighted by Gasteiger charge is 2.15. The summed E-state index contributed by atoms with van der Waals surface area (Å²) in [5.41, 5.74) is 2.58. The average Bonchev–Trinajstić information content (AvgIpc) is 3.14. The zero-order valence-corrected chi connectivity index (χ0v) is 15.5. The molecule has 0 amide bonds. The van der Waals surface area contributed by atoms with E-state index in [9.17, 15) is 4.39 Å². The topological polar surface area (TPSA) is 56.3 Å². The van der Waals surface area contributed by atoms with Gasteiger partial charge >= 0.3 is 0 Å². The van der Waals surface area contributed by atoms with Gasteiger partial charge in [-0.25, -0.2) is 14.4 Å². The number of hydrogen-bond donors (Lipinski definition) is 1. The lowest BCUT2D eigenvalue weighted by atomic mass is 10.1. The minimum atomic E-state index is -0.269. The van der Waals surface area contributed by atoms with Crippen molar-refractivity contribution in [2.24, 2.45) is 0 Å². The third kappa shape index (κ3) is 3.29. The monoisotopic (exact) mass is 381 g/mol. The van der Waals surface area contributed by atoms with Crippen molar-refractivity contribution in [3.8, 4) is 22.6 Å². The maximum absolute atomic E-state index is 13.3. The molecular formula is C20H16FN3O2S. The molecule has 0 fully saturated rings. The van der Waals surface area contributed by atoms with Gasteiger partial charge in [0.1, 0.15) is 34.3 Å². The van der Waals surface area contributed by atoms with Gasteiger partial charge in [-0.2, -0.15) is 0 Å². The van der Waals surface area contributed by atoms with Gasteiger partial charge in [0.25, 0.3) is 0 Å². The standard InChI is InChI=1S/C20H16FN3O2S/c1-25-14-7-8-17(26-2)16(9-14)24-19-18-15(10-27-20(18)23-11-22-19)12-3-5-13(21)6-4-12/h3-11H,1-2H3,(H,22,23,24). The molecule has 7 heteroatoms. The van der Waals surface area contributed by atoms with Gasteiger partial charge in [0, 0.05) is 17.0 Å². The van der Waals surface area contributed by atoms with Crippen molar-refractivity contribution in [2.45, 2.75) is 0 Å². The van der Waals surface area contributed by atoms with E-state index in [0.717, 1.165) is 27.0 Å². The predicted molar refractivity (Wildman–Crippen MR) is 106 cm³/mol. The number of nitrogens with one attached hydrogen (secondary N) is 1. The number of benzene rings is 2. The Morgan fingerprint density at radius 1 is 1.00 bits per heavy atom. The first-order valence-corrected chi connectivity index (χ1v) is 9.04. The average molecular weight is 381 g/mol. The van der Waals surface area contributed by atoms with Crippen LogP contribution in [0.4, 0.5) is 15.9 Å². The van der Waals surface area contributed by atoms with Crippen molar-refractivity contribution >= 4 is 33.1 Å². The van der Waals surface area contributed by atoms with E-state index >= 15 is 0 Å². The summed E-state index contributed by atoms with van der Waals surface area (Å²) in [6.07, 6.45) is 1.52. The van der Waals surface area contributed by atoms with Gasteiger partial charge in [0.05, 0.1) is 25.3 Å². The van der Waals surface area contributed by atoms with Crippen LogP contribution >= 0.6 is 11.3 Å². The van der Waals surface area contributed by atoms with E-state index in [1.165, 1.54) is 29.8 Å². The Morgan fingerprint density at radius 3 is 2.56 bits per heavy atom. The number of anilines is 2. The molecule has 1 N–H and O–H groups in total. The molecule has 136 valence electrons. The Hall–Kier alpha value is -3.19. The van der Waals surface area contributed by atoms with Crippen LogP contribution in [-0.2, 0) is 0 Å². The van der Waals surface area contributed by atoms with Crippen molar-refractivity contribution in [3.05, 3.63) is 60.0 Å². The number of rotatable bonds is 5. The fourth-order valence-corrected chi connectivity index (χ4v) is 3.77. The first kappa shape index (κ1) is 17.2. The second-order valence-corrected chi connectivity index (χ2v) is 6.61. The Labute approximate surface area is 159 Å². The number of thiophene rings is 1. The number of hydrogen-bond acceptors (Lipinski definition) is 6. The summed E-state index contributed by atoms with van der Waals surface area (Å²) in [5.74, 6) is 1.75. The van der Waals surface area contributed by atoms with Crippen molar-refractivity contribution in [3.63, 3.8) is 0 Å². The molecule has 0 unspecified atom stereocenters. The molecule has 0 spiro atoms. The summed E-state index contributed by atoms with van der Waals surface area (Å²) < 4.78 is 24.0. The minimum absolute atomic E-state index is 0.269. The number of nitrogens with zero attached hydrogens (tertiary/aromatic N) is 2. The highest BCUT2D eigenvalue weighted by Crippen LogP contribution is 2.39. The quantitative estimate of drug-likeness (QED) is 0.511. The van der Waals surface area contributed by atoms with Crippen LogP contribution in [0.5, 0.6) is 11.5 Å². The number of ether oxygens (including phenoxy) is 2. The SMILES string of the molecule is COc1ccc(OC)c(Nc2ncnc3scc(-c4ccc(F)cc4)c23)c1. The van der Waals surface area contributed by atoms with Crippen LogP contribution in [0.1, 0.15) is 0 Å². The molecule has 0 aliphatic carbocycles. The van der Waals surface area contributed by atoms with Crippen LogP contribution in [0.2, 0.25) is 0 Å². The summed E-state index contributed by atoms with van der Waals surface area (Å²) in [6, 6.07) is 11.9. The summed E-state index contributed by atoms with van der Waals surface area (Å²) in [7, 11) is 3.22. The predicted octanol–water partition coefficient (Wildman–Crippen LogP) is 5.26. The second-order valence-electron chi connectivity index (χ2n) is 5.75. The number of methoxy groups -OCH3 is 2. The number of aromatic nitrogens is 2. The number of halogens is 1. The molecule has 0 aliphatic rings. The van der Waals surface area contributed by atoms with Crippen molar-refractivity contribution in [1.29, 1.82) is 0 Å². The van der Waals surface area contributed by atoms with E-state index in [1.54, 1.807) is 26.4 Å². The molecule has 5 nitrogen and oxygen atoms in total. The Bertz CT molecular complexity index is 1100. The summed E-state index contributed by atoms with van der Waals surface area (Å²) in [5, 5.41) is 6.20. The Kier molecular flexibility index (Phi) is 4.60. The highest BCUT2D eigenvalue weighted by atomic mass is 32.1. The lowest BCUT2D eigenvalue weighted by Gasteiger charge is -2.13. The minimum Gasteiger partial charge on any atom is -0.497 e. The molecule has 4 aromatic rings. The van der Waals surface area contributed by atoms with E-state index in [1.807, 2.05) is 23.6 Å². The first-order valence-electron chi connectivity index (χ1n) is 8.17. The van der Waals surface area contributed by atoms with Gasteiger partial charge < -0.3 is 14.8 Å². The second kappa shape index (κ2) is 7.20. The Morgan fingerprint density at radius 2 is 1.81 bits per heavy atom. The smallest absolute Gasteiger partial charge is 0.143 e. The number of fused-ring (bicyclic) bond motifs is 1. The highest BCUT2D eigenvalue weighted by molar-refractivity contribution is 7.17. The summed E-state index contributed by atoms with van der Waals surface area (Å²) in [6.45, 7) is 0. The van der Waals surface area contributed by atoms with Gasteiger partial charge in [-0.3, -0.25) is 0 Å². The van der Waals surface area contributed by atoms with E-state index in [-0.39, 0.29) is 5.82 Å². The first-order chi connectivity index (χ1) is 13.2. The molecule has 2 aromatic carbocycles. The van der Waals surface area contributed by atoms with Crippen LogP contribution in [0.3, 0.4) is 0 Å². The van der Waals surface area contributed by atoms with E-state index in [0.29, 0.717) is 17.3 Å². The van der Waals surface area contributed by atoms with E-state index < -0.39 is 0 Å². The van der Waals surface area contributed by atoms with Gasteiger partial charge in [-0.1, -0.05) is 12.1 Å². The van der Waals surface area contributed by atoms with Crippen LogP contribution in [-0.4, -0.2) is 24.2 Å². The normalized spacial score (nSPS) is 10.8. The zero-order valence-electron chi connectivity index (χ0n) is 14.7. The molecular weight excluding hydrogens is 365 g/mol. The molecule has 0 saturated carbocycles. The Balaban J connectivity index is 1.83. The van der Waals surface area contributed by atoms with Crippen molar-refractivity contribution in [1.82, 2.24) is 9.97 Å². The third-order valence-corrected chi connectivity index (χ3v) is 5.07. The van der Waals surface area contributed by atoms with Crippen molar-refractivity contribution in [2.75, 3.05) is 19.5 Å². The fourth-order valence-electron chi connectivity index (χ4n) is 2.85. The molecule has 2 aromatic heterocycles. The third-order valence-electron chi connectivity index (χ3n) is 4.19. The van der Waals surface area contributed by atoms with Gasteiger partial charge in [0.15, 0.2) is 0 Å². The fraction of sp³-hybridized carbons (Fsp3) is 0.100. The van der Waals surface area contributed by atoms with Crippen LogP contribution in [0, 0.1) is 5.82 Å². The molecule has 0 radical (unpaired) electrons. The van der Waals surface area contributed by atoms with Crippen LogP contribution in [0.15, 0.2) is 54.2 Å². The van der Waals surface area contributed by atoms with Crippen LogP contribution < -0.4 is 14.8 Å². The molecule has 0 saturated heterocycles. The van der Waals surface area contributed by atoms with E-state index in [2.05, 4.69) is 15.3 Å². The summed E-state index contributed by atoms with van der Waals surface area (Å²) >= 11 is 1.51. The molecule has 4 rings (SSSR count). The lowest BCUT2D eigenvalue weighted by molar-refractivity contribution is 0.405. The molecule has 27 heavy (non-hydrogen) atoms. The van der Waals surface area contributed by atoms with Gasteiger partial charge in [0.2, 0.25) is 0 Å². The lowest BCUT2D eigenvalue weighted by Crippen LogP contribution is -1.99. The maximum Gasteiger partial charge on any atom is 0.143 e. The van der Waals surface area contributed by atoms with E-state index in [4.69, 9.17) is 9.47 Å². The molecule has 0 aliphatic heterocycles. The molecule has 0 bridgehead atoms. The maximum atomic E-state index is 13.3. The van der Waals surface area contributed by atoms with Gasteiger partial charge in [-0.15, -0.1) is 11.3 Å². The van der Waals surface area contributed by atoms with Crippen molar-refractivity contribution < 1.29 is 13.9 Å². The largest absolute Gasteiger partial charge is 0.497 e. The zero-order chi connectivity index (χ0) is 18.8. The van der Waals surface area contributed by atoms with Crippen LogP contribution in [0.25, 0.3) is 21.3 Å². The molecule has 2 heterocycles. The summed E-state index contributed by atoms with van der Waals surface area (Å²) in [4.78, 5) is 9.63. The van der Waals surface area contributed by atoms with Gasteiger partial charge in [-0.05, 0) is 29.8 Å².